The number of hydrogen-bond donors (Lipinski definition) is 0. The lowest BCUT2D eigenvalue weighted by Gasteiger charge is -2.07. The van der Waals surface area contributed by atoms with Gasteiger partial charge in [-0.2, -0.15) is 0 Å². The lowest BCUT2D eigenvalue weighted by Crippen LogP contribution is -2.01. The Hall–Kier alpha value is -0.660. The van der Waals surface area contributed by atoms with Crippen molar-refractivity contribution >= 4 is 12.1 Å². The third-order valence-electron chi connectivity index (χ3n) is 1.90. The molecular weight excluding hydrogens is 152 g/mol. The molecule has 0 saturated carbocycles. The van der Waals surface area contributed by atoms with Gasteiger partial charge >= 0.3 is 0 Å². The second-order valence-corrected chi connectivity index (χ2v) is 3.46. The quantitative estimate of drug-likeness (QED) is 0.434. The van der Waals surface area contributed by atoms with Crippen LogP contribution in [0.25, 0.3) is 0 Å². The summed E-state index contributed by atoms with van der Waals surface area (Å²) in [4.78, 5) is 20.7. The highest BCUT2D eigenvalue weighted by atomic mass is 16.1. The van der Waals surface area contributed by atoms with Gasteiger partial charge in [0.15, 0.2) is 0 Å². The van der Waals surface area contributed by atoms with Crippen LogP contribution >= 0.6 is 0 Å². The molecule has 2 nitrogen and oxygen atoms in total. The van der Waals surface area contributed by atoms with E-state index in [2.05, 4.69) is 6.92 Å². The number of ketones is 1. The summed E-state index contributed by atoms with van der Waals surface area (Å²) in [5.74, 6) is 0.743. The summed E-state index contributed by atoms with van der Waals surface area (Å²) >= 11 is 0. The molecule has 12 heavy (non-hydrogen) atoms. The molecule has 0 N–H and O–H groups in total. The smallest absolute Gasteiger partial charge is 0.130 e. The van der Waals surface area contributed by atoms with Crippen LogP contribution in [0.1, 0.15) is 46.0 Å². The summed E-state index contributed by atoms with van der Waals surface area (Å²) in [5.41, 5.74) is 0. The zero-order valence-electron chi connectivity index (χ0n) is 8.01. The number of aldehydes is 1. The lowest BCUT2D eigenvalue weighted by molar-refractivity contribution is -0.117. The fraction of sp³-hybridized carbons (Fsp3) is 0.800. The van der Waals surface area contributed by atoms with Crippen molar-refractivity contribution in [1.29, 1.82) is 0 Å². The number of Topliss-reactive ketones (excluding diaryl/α,β-unsaturated/α-hetero) is 1. The van der Waals surface area contributed by atoms with Gasteiger partial charge in [0.1, 0.15) is 12.1 Å². The van der Waals surface area contributed by atoms with Crippen LogP contribution in [-0.4, -0.2) is 12.1 Å². The molecule has 0 spiro atoms. The third kappa shape index (κ3) is 7.45. The molecular formula is C10H18O2. The van der Waals surface area contributed by atoms with Gasteiger partial charge in [-0.3, -0.25) is 0 Å². The van der Waals surface area contributed by atoms with Crippen molar-refractivity contribution in [3.63, 3.8) is 0 Å². The van der Waals surface area contributed by atoms with Gasteiger partial charge in [-0.05, 0) is 19.3 Å². The summed E-state index contributed by atoms with van der Waals surface area (Å²) in [7, 11) is 0. The van der Waals surface area contributed by atoms with Gasteiger partial charge in [-0.15, -0.1) is 0 Å². The Kier molecular flexibility index (Phi) is 6.63. The van der Waals surface area contributed by atoms with Crippen LogP contribution in [0.15, 0.2) is 0 Å². The predicted octanol–water partition coefficient (Wildman–Crippen LogP) is 2.36. The first-order valence-electron chi connectivity index (χ1n) is 4.60. The van der Waals surface area contributed by atoms with E-state index in [1.54, 1.807) is 6.92 Å². The summed E-state index contributed by atoms with van der Waals surface area (Å²) < 4.78 is 0. The Morgan fingerprint density at radius 2 is 2.08 bits per heavy atom. The maximum atomic E-state index is 10.7. The fourth-order valence-corrected chi connectivity index (χ4v) is 1.31. The summed E-state index contributed by atoms with van der Waals surface area (Å²) in [6, 6.07) is 0. The first-order chi connectivity index (χ1) is 5.66. The van der Waals surface area contributed by atoms with E-state index in [4.69, 9.17) is 0 Å². The Bertz CT molecular complexity index is 141. The Labute approximate surface area is 74.3 Å². The first-order valence-corrected chi connectivity index (χ1v) is 4.60. The van der Waals surface area contributed by atoms with E-state index in [0.717, 1.165) is 25.5 Å². The van der Waals surface area contributed by atoms with Crippen LogP contribution in [-0.2, 0) is 9.59 Å². The second kappa shape index (κ2) is 7.01. The van der Waals surface area contributed by atoms with Crippen molar-refractivity contribution in [3.8, 4) is 0 Å². The number of carbonyl (C=O) groups excluding carboxylic acids is 2. The number of hydrogen-bond acceptors (Lipinski definition) is 2. The number of carbonyl (C=O) groups is 2. The van der Waals surface area contributed by atoms with Crippen LogP contribution in [0.4, 0.5) is 0 Å². The predicted molar refractivity (Wildman–Crippen MR) is 49.0 cm³/mol. The zero-order valence-corrected chi connectivity index (χ0v) is 8.01. The van der Waals surface area contributed by atoms with Gasteiger partial charge in [0.2, 0.25) is 0 Å². The van der Waals surface area contributed by atoms with E-state index in [1.807, 2.05) is 0 Å². The van der Waals surface area contributed by atoms with Gasteiger partial charge in [0.25, 0.3) is 0 Å². The van der Waals surface area contributed by atoms with Gasteiger partial charge in [0, 0.05) is 12.8 Å². The molecule has 0 bridgehead atoms. The molecule has 0 fully saturated rings. The average molecular weight is 170 g/mol. The molecule has 0 aromatic carbocycles. The molecule has 0 aromatic rings. The molecule has 70 valence electrons. The lowest BCUT2D eigenvalue weighted by atomic mass is 9.98. The number of unbranched alkanes of at least 4 members (excludes halogenated alkanes) is 2. The SMILES string of the molecule is CC(=O)C[C@H](C)CCCCC=O. The Morgan fingerprint density at radius 3 is 2.58 bits per heavy atom. The van der Waals surface area contributed by atoms with Crippen molar-refractivity contribution in [2.75, 3.05) is 0 Å². The molecule has 0 saturated heterocycles. The largest absolute Gasteiger partial charge is 0.303 e. The van der Waals surface area contributed by atoms with Crippen molar-refractivity contribution in [2.45, 2.75) is 46.0 Å². The van der Waals surface area contributed by atoms with Crippen molar-refractivity contribution in [3.05, 3.63) is 0 Å². The standard InChI is InChI=1S/C10H18O2/c1-9(8-10(2)12)6-4-3-5-7-11/h7,9H,3-6,8H2,1-2H3/t9-/m1/s1. The van der Waals surface area contributed by atoms with Crippen LogP contribution < -0.4 is 0 Å². The number of rotatable bonds is 7. The summed E-state index contributed by atoms with van der Waals surface area (Å²) in [5, 5.41) is 0. The van der Waals surface area contributed by atoms with E-state index in [-0.39, 0.29) is 5.78 Å². The van der Waals surface area contributed by atoms with Gasteiger partial charge in [-0.25, -0.2) is 0 Å². The highest BCUT2D eigenvalue weighted by molar-refractivity contribution is 5.75. The molecule has 0 heterocycles. The van der Waals surface area contributed by atoms with Crippen molar-refractivity contribution < 1.29 is 9.59 Å². The minimum atomic E-state index is 0.262. The molecule has 0 amide bonds. The highest BCUT2D eigenvalue weighted by Gasteiger charge is 2.04. The first kappa shape index (κ1) is 11.3. The molecule has 0 radical (unpaired) electrons. The molecule has 0 rings (SSSR count). The Morgan fingerprint density at radius 1 is 1.42 bits per heavy atom. The van der Waals surface area contributed by atoms with Crippen LogP contribution in [0.2, 0.25) is 0 Å². The van der Waals surface area contributed by atoms with E-state index < -0.39 is 0 Å². The van der Waals surface area contributed by atoms with E-state index in [0.29, 0.717) is 18.8 Å². The normalized spacial score (nSPS) is 12.5. The minimum Gasteiger partial charge on any atom is -0.303 e. The zero-order chi connectivity index (χ0) is 9.40. The molecule has 0 aliphatic carbocycles. The molecule has 0 aliphatic heterocycles. The molecule has 0 aliphatic rings. The van der Waals surface area contributed by atoms with Gasteiger partial charge in [0.05, 0.1) is 0 Å². The van der Waals surface area contributed by atoms with E-state index in [1.165, 1.54) is 0 Å². The van der Waals surface area contributed by atoms with Gasteiger partial charge < -0.3 is 9.59 Å². The third-order valence-corrected chi connectivity index (χ3v) is 1.90. The van der Waals surface area contributed by atoms with E-state index >= 15 is 0 Å². The maximum Gasteiger partial charge on any atom is 0.130 e. The monoisotopic (exact) mass is 170 g/mol. The molecule has 2 heteroatoms. The molecule has 0 unspecified atom stereocenters. The second-order valence-electron chi connectivity index (χ2n) is 3.46. The Balaban J connectivity index is 3.24. The fourth-order valence-electron chi connectivity index (χ4n) is 1.31. The minimum absolute atomic E-state index is 0.262. The van der Waals surface area contributed by atoms with Gasteiger partial charge in [-0.1, -0.05) is 19.8 Å². The summed E-state index contributed by atoms with van der Waals surface area (Å²) in [6.07, 6.45) is 5.38. The van der Waals surface area contributed by atoms with Crippen LogP contribution in [0.5, 0.6) is 0 Å². The van der Waals surface area contributed by atoms with Crippen LogP contribution in [0.3, 0.4) is 0 Å². The maximum absolute atomic E-state index is 10.7. The highest BCUT2D eigenvalue weighted by Crippen LogP contribution is 2.12. The average Bonchev–Trinajstić information content (AvgIpc) is 1.97. The molecule has 1 atom stereocenters. The summed E-state index contributed by atoms with van der Waals surface area (Å²) in [6.45, 7) is 3.71. The van der Waals surface area contributed by atoms with Crippen molar-refractivity contribution in [1.82, 2.24) is 0 Å². The topological polar surface area (TPSA) is 34.1 Å². The van der Waals surface area contributed by atoms with E-state index in [9.17, 15) is 9.59 Å². The molecule has 0 aromatic heterocycles. The van der Waals surface area contributed by atoms with Crippen LogP contribution in [0, 0.1) is 5.92 Å². The van der Waals surface area contributed by atoms with Crippen molar-refractivity contribution in [2.24, 2.45) is 5.92 Å².